The molecule has 0 saturated heterocycles. The summed E-state index contributed by atoms with van der Waals surface area (Å²) in [5.74, 6) is -0.987. The summed E-state index contributed by atoms with van der Waals surface area (Å²) in [6.45, 7) is 3.91. The summed E-state index contributed by atoms with van der Waals surface area (Å²) in [5, 5.41) is 11.7. The van der Waals surface area contributed by atoms with Crippen molar-refractivity contribution in [3.05, 3.63) is 0 Å². The Labute approximate surface area is 102 Å². The van der Waals surface area contributed by atoms with Crippen LogP contribution in [0.1, 0.15) is 46.0 Å². The summed E-state index contributed by atoms with van der Waals surface area (Å²) in [6.07, 6.45) is 3.26. The van der Waals surface area contributed by atoms with Crippen molar-refractivity contribution in [2.75, 3.05) is 0 Å². The van der Waals surface area contributed by atoms with E-state index in [0.717, 1.165) is 25.7 Å². The van der Waals surface area contributed by atoms with Crippen molar-refractivity contribution in [2.45, 2.75) is 57.5 Å². The number of hydrogen-bond acceptors (Lipinski definition) is 3. The van der Waals surface area contributed by atoms with Crippen LogP contribution in [0, 0.1) is 5.92 Å². The second-order valence-corrected chi connectivity index (χ2v) is 5.10. The number of aliphatic carboxylic acids is 1. The number of carboxylic acids is 1. The lowest BCUT2D eigenvalue weighted by molar-refractivity contribution is -0.140. The second-order valence-electron chi connectivity index (χ2n) is 5.10. The summed E-state index contributed by atoms with van der Waals surface area (Å²) >= 11 is 0. The molecule has 5 nitrogen and oxygen atoms in total. The molecule has 0 aromatic heterocycles. The number of rotatable bonds is 6. The molecule has 0 spiro atoms. The number of nitrogens with one attached hydrogen (secondary N) is 1. The highest BCUT2D eigenvalue weighted by molar-refractivity contribution is 5.83. The van der Waals surface area contributed by atoms with Gasteiger partial charge in [0.2, 0.25) is 5.91 Å². The van der Waals surface area contributed by atoms with Crippen molar-refractivity contribution < 1.29 is 14.7 Å². The fourth-order valence-electron chi connectivity index (χ4n) is 2.10. The predicted molar refractivity (Wildman–Crippen MR) is 64.4 cm³/mol. The molecule has 0 heterocycles. The van der Waals surface area contributed by atoms with Crippen LogP contribution in [0.2, 0.25) is 0 Å². The molecular weight excluding hydrogens is 220 g/mol. The van der Waals surface area contributed by atoms with Crippen LogP contribution in [-0.2, 0) is 9.59 Å². The Morgan fingerprint density at radius 2 is 2.06 bits per heavy atom. The first-order chi connectivity index (χ1) is 7.90. The summed E-state index contributed by atoms with van der Waals surface area (Å²) in [5.41, 5.74) is 5.28. The number of carboxylic acid groups (broad SMARTS) is 1. The van der Waals surface area contributed by atoms with E-state index in [1.807, 2.05) is 13.8 Å². The van der Waals surface area contributed by atoms with E-state index in [4.69, 9.17) is 10.8 Å². The van der Waals surface area contributed by atoms with Gasteiger partial charge in [0.05, 0.1) is 18.0 Å². The molecule has 1 aliphatic carbocycles. The summed E-state index contributed by atoms with van der Waals surface area (Å²) in [7, 11) is 0. The fourth-order valence-corrected chi connectivity index (χ4v) is 2.10. The van der Waals surface area contributed by atoms with Crippen molar-refractivity contribution in [3.63, 3.8) is 0 Å². The molecule has 98 valence electrons. The highest BCUT2D eigenvalue weighted by Crippen LogP contribution is 2.35. The minimum atomic E-state index is -0.873. The zero-order valence-electron chi connectivity index (χ0n) is 10.5. The van der Waals surface area contributed by atoms with E-state index in [2.05, 4.69) is 5.32 Å². The zero-order chi connectivity index (χ0) is 13.1. The average molecular weight is 242 g/mol. The molecule has 0 radical (unpaired) electrons. The Bertz CT molecular complexity index is 300. The Morgan fingerprint density at radius 3 is 2.41 bits per heavy atom. The lowest BCUT2D eigenvalue weighted by Gasteiger charge is -2.42. The van der Waals surface area contributed by atoms with Crippen molar-refractivity contribution in [1.82, 2.24) is 5.32 Å². The van der Waals surface area contributed by atoms with Gasteiger partial charge >= 0.3 is 5.97 Å². The maximum atomic E-state index is 11.9. The first kappa shape index (κ1) is 14.0. The highest BCUT2D eigenvalue weighted by atomic mass is 16.4. The largest absolute Gasteiger partial charge is 0.481 e. The molecule has 1 saturated carbocycles. The van der Waals surface area contributed by atoms with Crippen molar-refractivity contribution in [3.8, 4) is 0 Å². The third kappa shape index (κ3) is 3.43. The van der Waals surface area contributed by atoms with Crippen LogP contribution in [0.3, 0.4) is 0 Å². The molecule has 0 bridgehead atoms. The molecule has 0 aromatic carbocycles. The van der Waals surface area contributed by atoms with Crippen LogP contribution in [0.4, 0.5) is 0 Å². The van der Waals surface area contributed by atoms with Gasteiger partial charge in [-0.1, -0.05) is 20.3 Å². The summed E-state index contributed by atoms with van der Waals surface area (Å²) in [6, 6.07) is -0.550. The first-order valence-corrected chi connectivity index (χ1v) is 6.19. The van der Waals surface area contributed by atoms with Crippen LogP contribution >= 0.6 is 0 Å². The van der Waals surface area contributed by atoms with E-state index < -0.39 is 17.6 Å². The van der Waals surface area contributed by atoms with Gasteiger partial charge < -0.3 is 16.2 Å². The predicted octanol–water partition coefficient (Wildman–Crippen LogP) is 0.873. The zero-order valence-corrected chi connectivity index (χ0v) is 10.5. The maximum Gasteiger partial charge on any atom is 0.305 e. The van der Waals surface area contributed by atoms with Gasteiger partial charge in [0.1, 0.15) is 0 Å². The van der Waals surface area contributed by atoms with Gasteiger partial charge in [0.25, 0.3) is 0 Å². The van der Waals surface area contributed by atoms with Crippen LogP contribution in [0.25, 0.3) is 0 Å². The average Bonchev–Trinajstić information content (AvgIpc) is 2.23. The lowest BCUT2D eigenvalue weighted by atomic mass is 9.74. The molecule has 1 fully saturated rings. The van der Waals surface area contributed by atoms with Gasteiger partial charge in [-0.05, 0) is 25.2 Å². The first-order valence-electron chi connectivity index (χ1n) is 6.19. The van der Waals surface area contributed by atoms with E-state index in [1.54, 1.807) is 0 Å². The van der Waals surface area contributed by atoms with Gasteiger partial charge in [0.15, 0.2) is 0 Å². The molecule has 1 amide bonds. The monoisotopic (exact) mass is 242 g/mol. The van der Waals surface area contributed by atoms with E-state index >= 15 is 0 Å². The summed E-state index contributed by atoms with van der Waals surface area (Å²) < 4.78 is 0. The molecule has 4 N–H and O–H groups in total. The molecule has 1 aliphatic rings. The van der Waals surface area contributed by atoms with Gasteiger partial charge in [-0.15, -0.1) is 0 Å². The Kier molecular flexibility index (Phi) is 4.51. The quantitative estimate of drug-likeness (QED) is 0.644. The van der Waals surface area contributed by atoms with Gasteiger partial charge in [-0.3, -0.25) is 9.59 Å². The third-order valence-electron chi connectivity index (χ3n) is 3.75. The molecular formula is C12H22N2O3. The number of carbonyl (C=O) groups is 2. The van der Waals surface area contributed by atoms with Crippen molar-refractivity contribution in [1.29, 1.82) is 0 Å². The maximum absolute atomic E-state index is 11.9. The molecule has 17 heavy (non-hydrogen) atoms. The Balaban J connectivity index is 2.56. The number of nitrogens with two attached hydrogens (primary N) is 1. The Morgan fingerprint density at radius 1 is 1.47 bits per heavy atom. The molecule has 2 unspecified atom stereocenters. The van der Waals surface area contributed by atoms with Crippen molar-refractivity contribution >= 4 is 11.9 Å². The van der Waals surface area contributed by atoms with E-state index in [9.17, 15) is 9.59 Å². The molecule has 5 heteroatoms. The third-order valence-corrected chi connectivity index (χ3v) is 3.75. The highest BCUT2D eigenvalue weighted by Gasteiger charge is 2.41. The SMILES string of the molecule is CCC(C)C(N)C(=O)NC1(CC(=O)O)CCC1. The normalized spacial score (nSPS) is 21.1. The summed E-state index contributed by atoms with van der Waals surface area (Å²) in [4.78, 5) is 22.7. The van der Waals surface area contributed by atoms with Crippen LogP contribution in [-0.4, -0.2) is 28.6 Å². The lowest BCUT2D eigenvalue weighted by Crippen LogP contribution is -2.59. The molecule has 2 atom stereocenters. The molecule has 0 aromatic rings. The topological polar surface area (TPSA) is 92.4 Å². The minimum absolute atomic E-state index is 0.00797. The molecule has 0 aliphatic heterocycles. The molecule has 1 rings (SSSR count). The standard InChI is InChI=1S/C12H22N2O3/c1-3-8(2)10(13)11(17)14-12(5-4-6-12)7-9(15)16/h8,10H,3-7,13H2,1-2H3,(H,14,17)(H,15,16). The van der Waals surface area contributed by atoms with Crippen molar-refractivity contribution in [2.24, 2.45) is 11.7 Å². The smallest absolute Gasteiger partial charge is 0.305 e. The minimum Gasteiger partial charge on any atom is -0.481 e. The van der Waals surface area contributed by atoms with Gasteiger partial charge in [-0.25, -0.2) is 0 Å². The van der Waals surface area contributed by atoms with Crippen LogP contribution in [0.15, 0.2) is 0 Å². The second kappa shape index (κ2) is 5.49. The van der Waals surface area contributed by atoms with Gasteiger partial charge in [0, 0.05) is 0 Å². The number of amides is 1. The van der Waals surface area contributed by atoms with E-state index in [-0.39, 0.29) is 18.2 Å². The fraction of sp³-hybridized carbons (Fsp3) is 0.833. The Hall–Kier alpha value is -1.10. The van der Waals surface area contributed by atoms with Crippen LogP contribution < -0.4 is 11.1 Å². The number of carbonyl (C=O) groups excluding carboxylic acids is 1. The van der Waals surface area contributed by atoms with E-state index in [1.165, 1.54) is 0 Å². The van der Waals surface area contributed by atoms with E-state index in [0.29, 0.717) is 0 Å². The van der Waals surface area contributed by atoms with Crippen LogP contribution in [0.5, 0.6) is 0 Å². The number of hydrogen-bond donors (Lipinski definition) is 3. The van der Waals surface area contributed by atoms with Gasteiger partial charge in [-0.2, -0.15) is 0 Å².